The molecule has 3 unspecified atom stereocenters. The molecule has 0 radical (unpaired) electrons. The molecule has 0 spiro atoms. The van der Waals surface area contributed by atoms with E-state index in [1.165, 1.54) is 53.5 Å². The van der Waals surface area contributed by atoms with E-state index in [9.17, 15) is 0 Å². The molecule has 30 heavy (non-hydrogen) atoms. The van der Waals surface area contributed by atoms with Crippen molar-refractivity contribution in [1.82, 2.24) is 4.98 Å². The van der Waals surface area contributed by atoms with E-state index in [0.717, 1.165) is 17.5 Å². The van der Waals surface area contributed by atoms with Crippen LogP contribution in [0.4, 0.5) is 0 Å². The van der Waals surface area contributed by atoms with Crippen LogP contribution in [0, 0.1) is 29.6 Å². The standard InChI is InChI=1S/C29H33N/c1-20-7-5-6-8-26(20)27-14-13-23(19-30-27)22-11-9-21(10-12-22)17-25-18-24-15-16-29(25,4)28(24,2)3/h5-14,19,24-25H,15-18H2,1-4H3. The molecule has 2 fully saturated rings. The third kappa shape index (κ3) is 3.02. The van der Waals surface area contributed by atoms with Gasteiger partial charge in [0.2, 0.25) is 0 Å². The lowest BCUT2D eigenvalue weighted by Crippen LogP contribution is -2.33. The van der Waals surface area contributed by atoms with E-state index in [4.69, 9.17) is 4.98 Å². The van der Waals surface area contributed by atoms with Gasteiger partial charge in [0.25, 0.3) is 0 Å². The number of aromatic nitrogens is 1. The number of hydrogen-bond acceptors (Lipinski definition) is 1. The van der Waals surface area contributed by atoms with Crippen molar-refractivity contribution >= 4 is 0 Å². The number of fused-ring (bicyclic) bond motifs is 2. The second kappa shape index (κ2) is 7.08. The fourth-order valence-electron chi connectivity index (χ4n) is 6.38. The van der Waals surface area contributed by atoms with Gasteiger partial charge in [-0.2, -0.15) is 0 Å². The van der Waals surface area contributed by atoms with Gasteiger partial charge in [-0.25, -0.2) is 0 Å². The number of aryl methyl sites for hydroxylation is 1. The average molecular weight is 396 g/mol. The van der Waals surface area contributed by atoms with Gasteiger partial charge in [-0.05, 0) is 78.0 Å². The summed E-state index contributed by atoms with van der Waals surface area (Å²) in [5, 5.41) is 0. The molecule has 1 heteroatoms. The Balaban J connectivity index is 1.32. The Bertz CT molecular complexity index is 1040. The summed E-state index contributed by atoms with van der Waals surface area (Å²) in [5.41, 5.74) is 8.45. The molecule has 154 valence electrons. The number of benzene rings is 2. The highest BCUT2D eigenvalue weighted by Crippen LogP contribution is 2.68. The van der Waals surface area contributed by atoms with Gasteiger partial charge >= 0.3 is 0 Å². The SMILES string of the molecule is Cc1ccccc1-c1ccc(-c2ccc(CC3CC4CCC3(C)C4(C)C)cc2)cn1. The molecule has 0 N–H and O–H groups in total. The first kappa shape index (κ1) is 19.5. The van der Waals surface area contributed by atoms with Gasteiger partial charge in [0, 0.05) is 17.3 Å². The van der Waals surface area contributed by atoms with Gasteiger partial charge < -0.3 is 0 Å². The summed E-state index contributed by atoms with van der Waals surface area (Å²) in [6, 6.07) is 22.0. The molecule has 3 atom stereocenters. The molecule has 2 aromatic carbocycles. The molecule has 2 saturated carbocycles. The van der Waals surface area contributed by atoms with Crippen LogP contribution < -0.4 is 0 Å². The summed E-state index contributed by atoms with van der Waals surface area (Å²) < 4.78 is 0. The van der Waals surface area contributed by atoms with Crippen molar-refractivity contribution in [1.29, 1.82) is 0 Å². The largest absolute Gasteiger partial charge is 0.256 e. The van der Waals surface area contributed by atoms with Gasteiger partial charge in [-0.3, -0.25) is 4.98 Å². The Hall–Kier alpha value is -2.41. The third-order valence-corrected chi connectivity index (χ3v) is 8.93. The van der Waals surface area contributed by atoms with Crippen LogP contribution in [0.2, 0.25) is 0 Å². The molecule has 5 rings (SSSR count). The van der Waals surface area contributed by atoms with Gasteiger partial charge in [0.05, 0.1) is 5.69 Å². The van der Waals surface area contributed by atoms with Gasteiger partial charge in [-0.15, -0.1) is 0 Å². The summed E-state index contributed by atoms with van der Waals surface area (Å²) in [5.74, 6) is 1.75. The minimum absolute atomic E-state index is 0.502. The summed E-state index contributed by atoms with van der Waals surface area (Å²) in [6.45, 7) is 9.73. The quantitative estimate of drug-likeness (QED) is 0.440. The van der Waals surface area contributed by atoms with Crippen LogP contribution in [0.5, 0.6) is 0 Å². The van der Waals surface area contributed by atoms with Crippen molar-refractivity contribution in [3.05, 3.63) is 78.0 Å². The minimum Gasteiger partial charge on any atom is -0.256 e. The maximum absolute atomic E-state index is 4.74. The van der Waals surface area contributed by atoms with E-state index in [1.54, 1.807) is 0 Å². The first-order valence-corrected chi connectivity index (χ1v) is 11.5. The first-order valence-electron chi connectivity index (χ1n) is 11.5. The molecule has 1 heterocycles. The molecule has 0 saturated heterocycles. The predicted octanol–water partition coefficient (Wildman–Crippen LogP) is 7.73. The van der Waals surface area contributed by atoms with Gasteiger partial charge in [0.1, 0.15) is 0 Å². The van der Waals surface area contributed by atoms with E-state index in [-0.39, 0.29) is 0 Å². The molecule has 0 amide bonds. The highest BCUT2D eigenvalue weighted by Gasteiger charge is 2.60. The monoisotopic (exact) mass is 395 g/mol. The van der Waals surface area contributed by atoms with Crippen molar-refractivity contribution < 1.29 is 0 Å². The van der Waals surface area contributed by atoms with Crippen molar-refractivity contribution in [2.75, 3.05) is 0 Å². The van der Waals surface area contributed by atoms with Crippen LogP contribution >= 0.6 is 0 Å². The fourth-order valence-corrected chi connectivity index (χ4v) is 6.38. The van der Waals surface area contributed by atoms with E-state index in [0.29, 0.717) is 10.8 Å². The highest BCUT2D eigenvalue weighted by atomic mass is 14.7. The fraction of sp³-hybridized carbons (Fsp3) is 0.414. The molecule has 3 aromatic rings. The molecule has 2 bridgehead atoms. The normalized spacial score (nSPS) is 26.8. The molecule has 2 aliphatic carbocycles. The van der Waals surface area contributed by atoms with Crippen LogP contribution in [0.15, 0.2) is 66.9 Å². The van der Waals surface area contributed by atoms with Gasteiger partial charge in [-0.1, -0.05) is 75.4 Å². The molecular formula is C29H33N. The molecule has 1 aromatic heterocycles. The Kier molecular flexibility index (Phi) is 4.61. The van der Waals surface area contributed by atoms with Gasteiger partial charge in [0.15, 0.2) is 0 Å². The summed E-state index contributed by atoms with van der Waals surface area (Å²) in [6.07, 6.45) is 7.49. The van der Waals surface area contributed by atoms with E-state index in [2.05, 4.69) is 88.4 Å². The smallest absolute Gasteiger partial charge is 0.0705 e. The van der Waals surface area contributed by atoms with E-state index >= 15 is 0 Å². The van der Waals surface area contributed by atoms with Crippen molar-refractivity contribution in [2.24, 2.45) is 22.7 Å². The lowest BCUT2D eigenvalue weighted by molar-refractivity contribution is 0.103. The third-order valence-electron chi connectivity index (χ3n) is 8.93. The lowest BCUT2D eigenvalue weighted by atomic mass is 9.65. The Morgan fingerprint density at radius 1 is 0.900 bits per heavy atom. The van der Waals surface area contributed by atoms with Crippen molar-refractivity contribution in [2.45, 2.75) is 53.4 Å². The van der Waals surface area contributed by atoms with Crippen LogP contribution in [-0.4, -0.2) is 4.98 Å². The van der Waals surface area contributed by atoms with Crippen LogP contribution in [-0.2, 0) is 6.42 Å². The number of hydrogen-bond donors (Lipinski definition) is 0. The first-order chi connectivity index (χ1) is 14.4. The zero-order valence-corrected chi connectivity index (χ0v) is 18.8. The number of pyridine rings is 1. The topological polar surface area (TPSA) is 12.9 Å². The Morgan fingerprint density at radius 2 is 1.63 bits per heavy atom. The number of nitrogens with zero attached hydrogens (tertiary/aromatic N) is 1. The molecule has 2 aliphatic rings. The van der Waals surface area contributed by atoms with Crippen molar-refractivity contribution in [3.63, 3.8) is 0 Å². The van der Waals surface area contributed by atoms with Crippen LogP contribution in [0.1, 0.15) is 51.2 Å². The Morgan fingerprint density at radius 3 is 2.23 bits per heavy atom. The Labute approximate surface area is 181 Å². The minimum atomic E-state index is 0.502. The van der Waals surface area contributed by atoms with Crippen molar-refractivity contribution in [3.8, 4) is 22.4 Å². The molecule has 0 aliphatic heterocycles. The van der Waals surface area contributed by atoms with E-state index < -0.39 is 0 Å². The molecule has 1 nitrogen and oxygen atoms in total. The summed E-state index contributed by atoms with van der Waals surface area (Å²) in [4.78, 5) is 4.74. The van der Waals surface area contributed by atoms with Crippen LogP contribution in [0.25, 0.3) is 22.4 Å². The van der Waals surface area contributed by atoms with Crippen LogP contribution in [0.3, 0.4) is 0 Å². The zero-order valence-electron chi connectivity index (χ0n) is 18.8. The molecular weight excluding hydrogens is 362 g/mol. The average Bonchev–Trinajstić information content (AvgIpc) is 3.08. The zero-order chi connectivity index (χ0) is 20.9. The lowest BCUT2D eigenvalue weighted by Gasteiger charge is -2.39. The predicted molar refractivity (Wildman–Crippen MR) is 126 cm³/mol. The maximum atomic E-state index is 4.74. The summed E-state index contributed by atoms with van der Waals surface area (Å²) in [7, 11) is 0. The number of rotatable bonds is 4. The maximum Gasteiger partial charge on any atom is 0.0705 e. The second-order valence-corrected chi connectivity index (χ2v) is 10.5. The summed E-state index contributed by atoms with van der Waals surface area (Å²) >= 11 is 0. The second-order valence-electron chi connectivity index (χ2n) is 10.5. The highest BCUT2D eigenvalue weighted by molar-refractivity contribution is 5.68. The van der Waals surface area contributed by atoms with E-state index in [1.807, 2.05) is 6.20 Å².